The molecule has 0 saturated carbocycles. The average Bonchev–Trinajstić information content (AvgIpc) is 1.70. The van der Waals surface area contributed by atoms with Crippen LogP contribution in [-0.2, 0) is 91.9 Å². The lowest BCUT2D eigenvalue weighted by molar-refractivity contribution is -0.172. The van der Waals surface area contributed by atoms with Gasteiger partial charge in [0.25, 0.3) is 17.4 Å². The van der Waals surface area contributed by atoms with Gasteiger partial charge >= 0.3 is 5.97 Å². The number of aliphatic hydroxyl groups is 1. The quantitative estimate of drug-likeness (QED) is 0.0242. The Kier molecular flexibility index (Phi) is 25.1. The SMILES string of the molecule is CC[C@@]1(O)C(=O)OCc2c1cc1n(c2=O)Cc2c-1nc1cc3c(cc1c2CCCCOCCOCCNC(=O)[C@H](CCCCN)CC(=O)[C@@H](NC(=O)CCOCCOCCOCCOCCNC(=O)CCN1C(=O)C=CC1=O)C(C)C)OCO3. The number of fused-ring (bicyclic) bond motifs is 6. The Morgan fingerprint density at radius 3 is 2.02 bits per heavy atom. The van der Waals surface area contributed by atoms with Crippen molar-refractivity contribution < 1.29 is 81.3 Å². The smallest absolute Gasteiger partial charge is 0.343 e. The highest BCUT2D eigenvalue weighted by Crippen LogP contribution is 2.43. The van der Waals surface area contributed by atoms with Crippen molar-refractivity contribution in [2.45, 2.75) is 110 Å². The fourth-order valence-electron chi connectivity index (χ4n) is 10.3. The minimum atomic E-state index is -1.94. The van der Waals surface area contributed by atoms with E-state index in [-0.39, 0.29) is 144 Å². The van der Waals surface area contributed by atoms with Crippen LogP contribution in [0.25, 0.3) is 22.3 Å². The van der Waals surface area contributed by atoms with Crippen LogP contribution < -0.4 is 36.7 Å². The average molecular weight is 1180 g/mol. The zero-order valence-corrected chi connectivity index (χ0v) is 48.4. The molecule has 4 aliphatic heterocycles. The Balaban J connectivity index is 0.737. The second-order valence-corrected chi connectivity index (χ2v) is 21.1. The van der Waals surface area contributed by atoms with Gasteiger partial charge in [-0.1, -0.05) is 27.2 Å². The molecule has 0 fully saturated rings. The highest BCUT2D eigenvalue weighted by atomic mass is 16.7. The monoisotopic (exact) mass is 1180 g/mol. The number of nitrogens with zero attached hydrogens (tertiary/aromatic N) is 3. The van der Waals surface area contributed by atoms with Crippen LogP contribution in [0.3, 0.4) is 0 Å². The van der Waals surface area contributed by atoms with E-state index in [0.29, 0.717) is 107 Å². The number of nitrogens with two attached hydrogens (primary N) is 1. The van der Waals surface area contributed by atoms with Crippen LogP contribution >= 0.6 is 0 Å². The number of benzene rings is 1. The molecule has 84 heavy (non-hydrogen) atoms. The summed E-state index contributed by atoms with van der Waals surface area (Å²) in [6, 6.07) is 4.69. The van der Waals surface area contributed by atoms with Gasteiger partial charge in [0.05, 0.1) is 108 Å². The van der Waals surface area contributed by atoms with Crippen LogP contribution in [-0.4, -0.2) is 179 Å². The van der Waals surface area contributed by atoms with E-state index in [4.69, 9.17) is 53.3 Å². The Bertz CT molecular complexity index is 2880. The Labute approximate surface area is 487 Å². The van der Waals surface area contributed by atoms with Crippen molar-refractivity contribution in [2.24, 2.45) is 17.6 Å². The predicted octanol–water partition coefficient (Wildman–Crippen LogP) is 2.01. The maximum atomic E-state index is 13.9. The summed E-state index contributed by atoms with van der Waals surface area (Å²) in [7, 11) is 0. The van der Waals surface area contributed by atoms with Gasteiger partial charge < -0.3 is 74.0 Å². The molecule has 25 heteroatoms. The third kappa shape index (κ3) is 17.5. The molecule has 6 N–H and O–H groups in total. The molecule has 0 aliphatic carbocycles. The molecule has 0 saturated heterocycles. The number of nitrogens with one attached hydrogen (secondary N) is 3. The van der Waals surface area contributed by atoms with Gasteiger partial charge in [-0.05, 0) is 68.7 Å². The van der Waals surface area contributed by atoms with Gasteiger partial charge in [-0.3, -0.25) is 38.5 Å². The topological polar surface area (TPSA) is 323 Å². The van der Waals surface area contributed by atoms with Crippen LogP contribution in [0.4, 0.5) is 0 Å². The zero-order chi connectivity index (χ0) is 60.0. The first kappa shape index (κ1) is 64.8. The summed E-state index contributed by atoms with van der Waals surface area (Å²) >= 11 is 0. The number of hydrogen-bond acceptors (Lipinski definition) is 20. The number of aryl methyl sites for hydroxylation is 1. The van der Waals surface area contributed by atoms with Crippen molar-refractivity contribution in [1.29, 1.82) is 0 Å². The fraction of sp³-hybridized carbons (Fsp3) is 0.610. The van der Waals surface area contributed by atoms with Gasteiger partial charge in [0.1, 0.15) is 6.61 Å². The van der Waals surface area contributed by atoms with Crippen molar-refractivity contribution in [3.8, 4) is 22.9 Å². The number of hydrogen-bond donors (Lipinski definition) is 5. The van der Waals surface area contributed by atoms with Gasteiger partial charge in [-0.15, -0.1) is 0 Å². The van der Waals surface area contributed by atoms with Gasteiger partial charge in [0, 0.05) is 86.2 Å². The molecule has 2 aromatic heterocycles. The maximum absolute atomic E-state index is 13.9. The lowest BCUT2D eigenvalue weighted by atomic mass is 9.86. The molecular weight excluding hydrogens is 1090 g/mol. The van der Waals surface area contributed by atoms with Gasteiger partial charge in [-0.2, -0.15) is 0 Å². The molecule has 0 bridgehead atoms. The van der Waals surface area contributed by atoms with Crippen molar-refractivity contribution >= 4 is 52.2 Å². The predicted molar refractivity (Wildman–Crippen MR) is 302 cm³/mol. The van der Waals surface area contributed by atoms with E-state index in [1.165, 1.54) is 12.2 Å². The Morgan fingerprint density at radius 2 is 1.37 bits per heavy atom. The van der Waals surface area contributed by atoms with Crippen LogP contribution in [0, 0.1) is 11.8 Å². The van der Waals surface area contributed by atoms with Crippen molar-refractivity contribution in [3.63, 3.8) is 0 Å². The van der Waals surface area contributed by atoms with Crippen molar-refractivity contribution in [2.75, 3.05) is 112 Å². The number of imide groups is 1. The van der Waals surface area contributed by atoms with E-state index in [1.807, 2.05) is 26.0 Å². The number of esters is 1. The first-order valence-corrected chi connectivity index (χ1v) is 29.1. The number of unbranched alkanes of at least 4 members (excludes halogenated alkanes) is 2. The third-order valence-electron chi connectivity index (χ3n) is 15.0. The summed E-state index contributed by atoms with van der Waals surface area (Å²) in [6.45, 7) is 10.1. The maximum Gasteiger partial charge on any atom is 0.343 e. The van der Waals surface area contributed by atoms with E-state index < -0.39 is 35.3 Å². The van der Waals surface area contributed by atoms with Crippen LogP contribution in [0.2, 0.25) is 0 Å². The molecule has 460 valence electrons. The summed E-state index contributed by atoms with van der Waals surface area (Å²) in [5, 5.41) is 20.7. The number of ketones is 1. The molecule has 0 spiro atoms. The lowest BCUT2D eigenvalue weighted by Crippen LogP contribution is -2.46. The number of amides is 5. The molecule has 5 amide bonds. The fourth-order valence-corrected chi connectivity index (χ4v) is 10.3. The molecule has 3 atom stereocenters. The second-order valence-electron chi connectivity index (χ2n) is 21.1. The van der Waals surface area contributed by atoms with E-state index in [1.54, 1.807) is 17.6 Å². The highest BCUT2D eigenvalue weighted by molar-refractivity contribution is 6.13. The van der Waals surface area contributed by atoms with E-state index in [2.05, 4.69) is 16.0 Å². The first-order valence-electron chi connectivity index (χ1n) is 29.1. The standard InChI is InChI=1S/C59H81N7O18/c1-4-59(75)44-33-46-55-42(35-66(46)57(73)43(44)36-82-58(59)74)40(41-32-48-49(84-37-83-48)34-45(41)63-55)10-6-8-19-76-23-25-79-22-17-62-56(72)39(9-5-7-15-60)31-47(67)54(38(2)3)64-51(69)14-20-77-24-27-80-29-30-81-28-26-78-21-16-61-50(68)13-18-65-52(70)11-12-53(65)71/h11-12,32-34,38-39,54,75H,4-10,13-31,35-37,60H2,1-3H3,(H,61,68)(H,62,72)(H,64,69)/t39-,54+,59+/m1/s1. The van der Waals surface area contributed by atoms with E-state index in [9.17, 15) is 43.5 Å². The molecular formula is C59H81N7O18. The number of cyclic esters (lactones) is 1. The molecule has 25 nitrogen and oxygen atoms in total. The number of Topliss-reactive ketones (excluding diaryl/α,β-unsaturated/α-hetero) is 1. The summed E-state index contributed by atoms with van der Waals surface area (Å²) in [4.78, 5) is 108. The number of pyridine rings is 2. The molecule has 1 aromatic carbocycles. The molecule has 4 aliphatic rings. The van der Waals surface area contributed by atoms with Crippen molar-refractivity contribution in [3.05, 3.63) is 63.0 Å². The summed E-state index contributed by atoms with van der Waals surface area (Å²) in [6.07, 6.45) is 6.35. The lowest BCUT2D eigenvalue weighted by Gasteiger charge is -2.31. The largest absolute Gasteiger partial charge is 0.458 e. The molecule has 6 heterocycles. The molecule has 3 aromatic rings. The first-order chi connectivity index (χ1) is 40.6. The number of rotatable bonds is 40. The summed E-state index contributed by atoms with van der Waals surface area (Å²) in [5.74, 6) is -2.41. The third-order valence-corrected chi connectivity index (χ3v) is 15.0. The zero-order valence-electron chi connectivity index (χ0n) is 48.4. The number of aromatic nitrogens is 2. The normalized spacial score (nSPS) is 16.5. The van der Waals surface area contributed by atoms with Gasteiger partial charge in [0.15, 0.2) is 22.9 Å². The number of carbonyl (C=O) groups excluding carboxylic acids is 7. The van der Waals surface area contributed by atoms with E-state index >= 15 is 0 Å². The second kappa shape index (κ2) is 32.5. The van der Waals surface area contributed by atoms with E-state index in [0.717, 1.165) is 34.3 Å². The summed E-state index contributed by atoms with van der Waals surface area (Å²) < 4.78 is 52.0. The van der Waals surface area contributed by atoms with Gasteiger partial charge in [0.2, 0.25) is 24.5 Å². The minimum Gasteiger partial charge on any atom is -0.458 e. The van der Waals surface area contributed by atoms with Gasteiger partial charge in [-0.25, -0.2) is 9.78 Å². The number of carbonyl (C=O) groups is 7. The molecule has 7 rings (SSSR count). The number of ether oxygens (including phenoxy) is 9. The molecule has 0 radical (unpaired) electrons. The van der Waals surface area contributed by atoms with Crippen LogP contribution in [0.5, 0.6) is 11.5 Å². The highest BCUT2D eigenvalue weighted by Gasteiger charge is 2.45. The Hall–Kier alpha value is -6.71. The van der Waals surface area contributed by atoms with Crippen molar-refractivity contribution in [1.82, 2.24) is 30.4 Å². The van der Waals surface area contributed by atoms with Crippen LogP contribution in [0.1, 0.15) is 101 Å². The Morgan fingerprint density at radius 1 is 0.738 bits per heavy atom. The summed E-state index contributed by atoms with van der Waals surface area (Å²) in [5.41, 5.74) is 7.71. The minimum absolute atomic E-state index is 0.0112. The van der Waals surface area contributed by atoms with Crippen LogP contribution in [0.15, 0.2) is 35.1 Å². The molecule has 0 unspecified atom stereocenters.